The third-order valence-corrected chi connectivity index (χ3v) is 4.34. The van der Waals surface area contributed by atoms with Crippen LogP contribution in [0.5, 0.6) is 0 Å². The zero-order valence-electron chi connectivity index (χ0n) is 11.0. The van der Waals surface area contributed by atoms with Gasteiger partial charge in [0.1, 0.15) is 0 Å². The van der Waals surface area contributed by atoms with Gasteiger partial charge in [-0.3, -0.25) is 4.79 Å². The van der Waals surface area contributed by atoms with E-state index in [1.54, 1.807) is 6.07 Å². The van der Waals surface area contributed by atoms with Crippen LogP contribution in [0.2, 0.25) is 5.02 Å². The quantitative estimate of drug-likeness (QED) is 0.871. The van der Waals surface area contributed by atoms with Crippen molar-refractivity contribution in [2.24, 2.45) is 5.41 Å². The number of aliphatic hydroxyl groups excluding tert-OH is 1. The molecule has 0 aromatic heterocycles. The highest BCUT2D eigenvalue weighted by Crippen LogP contribution is 2.36. The number of carbonyl (C=O) groups excluding carboxylic acids is 1. The number of hydrogen-bond donors (Lipinski definition) is 2. The summed E-state index contributed by atoms with van der Waals surface area (Å²) in [4.78, 5) is 11.9. The number of hydrogen-bond acceptors (Lipinski definition) is 2. The first-order chi connectivity index (χ1) is 9.15. The van der Waals surface area contributed by atoms with Crippen molar-refractivity contribution in [1.29, 1.82) is 0 Å². The number of aliphatic hydroxyl groups is 1. The van der Waals surface area contributed by atoms with Crippen molar-refractivity contribution in [2.75, 3.05) is 13.2 Å². The first kappa shape index (κ1) is 14.4. The molecule has 19 heavy (non-hydrogen) atoms. The Balaban J connectivity index is 1.86. The maximum atomic E-state index is 11.9. The minimum absolute atomic E-state index is 0.0344. The molecule has 1 fully saturated rings. The Bertz CT molecular complexity index is 442. The van der Waals surface area contributed by atoms with Gasteiger partial charge in [-0.25, -0.2) is 0 Å². The van der Waals surface area contributed by atoms with Crippen molar-refractivity contribution in [3.8, 4) is 0 Å². The molecule has 1 aliphatic carbocycles. The summed E-state index contributed by atoms with van der Waals surface area (Å²) in [7, 11) is 0. The summed E-state index contributed by atoms with van der Waals surface area (Å²) in [5.41, 5.74) is 0.738. The van der Waals surface area contributed by atoms with Gasteiger partial charge < -0.3 is 10.4 Å². The molecule has 1 aromatic rings. The Hall–Kier alpha value is -1.06. The largest absolute Gasteiger partial charge is 0.396 e. The summed E-state index contributed by atoms with van der Waals surface area (Å²) in [5.74, 6) is -0.0344. The molecule has 0 radical (unpaired) electrons. The molecule has 4 heteroatoms. The van der Waals surface area contributed by atoms with E-state index in [0.717, 1.165) is 31.2 Å². The molecule has 3 nitrogen and oxygen atoms in total. The molecular weight excluding hydrogens is 262 g/mol. The summed E-state index contributed by atoms with van der Waals surface area (Å²) in [6.07, 6.45) is 4.56. The number of carbonyl (C=O) groups is 1. The lowest BCUT2D eigenvalue weighted by Gasteiger charge is -2.26. The molecule has 0 bridgehead atoms. The second kappa shape index (κ2) is 6.40. The SMILES string of the molecule is O=C(Cc1ccccc1Cl)NCC1(CO)CCCC1. The van der Waals surface area contributed by atoms with Gasteiger partial charge in [-0.15, -0.1) is 0 Å². The monoisotopic (exact) mass is 281 g/mol. The molecular formula is C15H20ClNO2. The fraction of sp³-hybridized carbons (Fsp3) is 0.533. The predicted octanol–water partition coefficient (Wildman–Crippen LogP) is 2.55. The van der Waals surface area contributed by atoms with Crippen LogP contribution in [0.3, 0.4) is 0 Å². The van der Waals surface area contributed by atoms with Crippen LogP contribution < -0.4 is 5.32 Å². The van der Waals surface area contributed by atoms with E-state index in [0.29, 0.717) is 18.0 Å². The maximum Gasteiger partial charge on any atom is 0.224 e. The van der Waals surface area contributed by atoms with Crippen molar-refractivity contribution in [1.82, 2.24) is 5.32 Å². The first-order valence-corrected chi connectivity index (χ1v) is 7.14. The summed E-state index contributed by atoms with van der Waals surface area (Å²) in [6.45, 7) is 0.714. The van der Waals surface area contributed by atoms with Crippen LogP contribution in [0.25, 0.3) is 0 Å². The number of halogens is 1. The predicted molar refractivity (Wildman–Crippen MR) is 76.2 cm³/mol. The van der Waals surface area contributed by atoms with Crippen molar-refractivity contribution in [2.45, 2.75) is 32.1 Å². The summed E-state index contributed by atoms with van der Waals surface area (Å²) < 4.78 is 0. The van der Waals surface area contributed by atoms with Crippen molar-refractivity contribution >= 4 is 17.5 Å². The number of benzene rings is 1. The second-order valence-corrected chi connectivity index (χ2v) is 5.82. The van der Waals surface area contributed by atoms with Crippen molar-refractivity contribution in [3.05, 3.63) is 34.9 Å². The molecule has 0 saturated heterocycles. The van der Waals surface area contributed by atoms with E-state index in [9.17, 15) is 9.90 Å². The smallest absolute Gasteiger partial charge is 0.224 e. The zero-order chi connectivity index (χ0) is 13.7. The zero-order valence-corrected chi connectivity index (χ0v) is 11.7. The average molecular weight is 282 g/mol. The lowest BCUT2D eigenvalue weighted by atomic mass is 9.87. The Morgan fingerprint density at radius 1 is 1.32 bits per heavy atom. The van der Waals surface area contributed by atoms with E-state index in [4.69, 9.17) is 11.6 Å². The Morgan fingerprint density at radius 3 is 2.63 bits per heavy atom. The maximum absolute atomic E-state index is 11.9. The van der Waals surface area contributed by atoms with E-state index in [-0.39, 0.29) is 17.9 Å². The van der Waals surface area contributed by atoms with Gasteiger partial charge in [0.25, 0.3) is 0 Å². The second-order valence-electron chi connectivity index (χ2n) is 5.41. The lowest BCUT2D eigenvalue weighted by molar-refractivity contribution is -0.121. The third-order valence-electron chi connectivity index (χ3n) is 3.97. The van der Waals surface area contributed by atoms with Gasteiger partial charge in [0, 0.05) is 17.0 Å². The molecule has 104 valence electrons. The lowest BCUT2D eigenvalue weighted by Crippen LogP contribution is -2.38. The molecule has 2 rings (SSSR count). The fourth-order valence-corrected chi connectivity index (χ4v) is 2.88. The molecule has 0 atom stereocenters. The Kier molecular flexibility index (Phi) is 4.83. The highest BCUT2D eigenvalue weighted by Gasteiger charge is 2.33. The van der Waals surface area contributed by atoms with Crippen LogP contribution in [0.1, 0.15) is 31.2 Å². The number of amides is 1. The molecule has 0 spiro atoms. The Morgan fingerprint density at radius 2 is 2.00 bits per heavy atom. The van der Waals surface area contributed by atoms with Gasteiger partial charge in [0.2, 0.25) is 5.91 Å². The molecule has 1 aromatic carbocycles. The molecule has 2 N–H and O–H groups in total. The van der Waals surface area contributed by atoms with E-state index in [1.807, 2.05) is 18.2 Å². The molecule has 0 aliphatic heterocycles. The van der Waals surface area contributed by atoms with Crippen LogP contribution in [-0.2, 0) is 11.2 Å². The van der Waals surface area contributed by atoms with Crippen LogP contribution in [0, 0.1) is 5.41 Å². The Labute approximate surface area is 119 Å². The van der Waals surface area contributed by atoms with Gasteiger partial charge in [-0.05, 0) is 24.5 Å². The van der Waals surface area contributed by atoms with E-state index in [1.165, 1.54) is 0 Å². The number of nitrogens with one attached hydrogen (secondary N) is 1. The van der Waals surface area contributed by atoms with Crippen LogP contribution in [-0.4, -0.2) is 24.2 Å². The van der Waals surface area contributed by atoms with Gasteiger partial charge in [-0.2, -0.15) is 0 Å². The highest BCUT2D eigenvalue weighted by atomic mass is 35.5. The standard InChI is InChI=1S/C15H20ClNO2/c16-13-6-2-1-5-12(13)9-14(19)17-10-15(11-18)7-3-4-8-15/h1-2,5-6,18H,3-4,7-11H2,(H,17,19). The average Bonchev–Trinajstić information content (AvgIpc) is 2.89. The van der Waals surface area contributed by atoms with Crippen LogP contribution in [0.15, 0.2) is 24.3 Å². The van der Waals surface area contributed by atoms with Crippen molar-refractivity contribution < 1.29 is 9.90 Å². The van der Waals surface area contributed by atoms with Gasteiger partial charge in [-0.1, -0.05) is 42.6 Å². The highest BCUT2D eigenvalue weighted by molar-refractivity contribution is 6.31. The van der Waals surface area contributed by atoms with Crippen LogP contribution in [0.4, 0.5) is 0 Å². The molecule has 1 amide bonds. The van der Waals surface area contributed by atoms with E-state index < -0.39 is 0 Å². The first-order valence-electron chi connectivity index (χ1n) is 6.76. The summed E-state index contributed by atoms with van der Waals surface area (Å²) >= 11 is 6.03. The van der Waals surface area contributed by atoms with E-state index in [2.05, 4.69) is 5.32 Å². The normalized spacial score (nSPS) is 17.4. The molecule has 1 aliphatic rings. The molecule has 1 saturated carbocycles. The van der Waals surface area contributed by atoms with E-state index >= 15 is 0 Å². The summed E-state index contributed by atoms with van der Waals surface area (Å²) in [6, 6.07) is 7.37. The van der Waals surface area contributed by atoms with Gasteiger partial charge >= 0.3 is 0 Å². The van der Waals surface area contributed by atoms with Gasteiger partial charge in [0.05, 0.1) is 13.0 Å². The van der Waals surface area contributed by atoms with Crippen molar-refractivity contribution in [3.63, 3.8) is 0 Å². The molecule has 0 unspecified atom stereocenters. The fourth-order valence-electron chi connectivity index (χ4n) is 2.68. The topological polar surface area (TPSA) is 49.3 Å². The minimum Gasteiger partial charge on any atom is -0.396 e. The van der Waals surface area contributed by atoms with Crippen LogP contribution >= 0.6 is 11.6 Å². The van der Waals surface area contributed by atoms with Gasteiger partial charge in [0.15, 0.2) is 0 Å². The summed E-state index contributed by atoms with van der Waals surface area (Å²) in [5, 5.41) is 13.0. The molecule has 0 heterocycles. The third kappa shape index (κ3) is 3.71. The minimum atomic E-state index is -0.101. The number of rotatable bonds is 5.